The van der Waals surface area contributed by atoms with Crippen LogP contribution in [-0.2, 0) is 23.9 Å². The van der Waals surface area contributed by atoms with Crippen LogP contribution in [0.4, 0.5) is 0 Å². The minimum atomic E-state index is -1.10. The van der Waals surface area contributed by atoms with Gasteiger partial charge in [0.2, 0.25) is 11.8 Å². The van der Waals surface area contributed by atoms with E-state index in [2.05, 4.69) is 13.2 Å². The van der Waals surface area contributed by atoms with Crippen molar-refractivity contribution < 1.29 is 29.0 Å². The van der Waals surface area contributed by atoms with Crippen LogP contribution in [-0.4, -0.2) is 81.8 Å². The number of nitrogens with zero attached hydrogens (tertiary/aromatic N) is 2. The van der Waals surface area contributed by atoms with Gasteiger partial charge in [-0.2, -0.15) is 0 Å². The largest absolute Gasteiger partial charge is 0.465 e. The molecule has 202 valence electrons. The highest BCUT2D eigenvalue weighted by atomic mass is 16.6. The zero-order valence-electron chi connectivity index (χ0n) is 22.6. The van der Waals surface area contributed by atoms with Crippen molar-refractivity contribution in [3.8, 4) is 0 Å². The molecule has 2 amide bonds. The normalized spacial score (nSPS) is 32.9. The van der Waals surface area contributed by atoms with E-state index in [4.69, 9.17) is 9.47 Å². The number of unbranched alkanes of at least 4 members (excludes halogenated alkanes) is 2. The first-order valence-corrected chi connectivity index (χ1v) is 13.2. The van der Waals surface area contributed by atoms with E-state index in [1.807, 2.05) is 34.6 Å². The fourth-order valence-electron chi connectivity index (χ4n) is 6.47. The van der Waals surface area contributed by atoms with Crippen LogP contribution >= 0.6 is 0 Å². The van der Waals surface area contributed by atoms with E-state index in [1.54, 1.807) is 22.0 Å². The highest BCUT2D eigenvalue weighted by molar-refractivity contribution is 5.98. The molecule has 3 saturated heterocycles. The Morgan fingerprint density at radius 3 is 2.53 bits per heavy atom. The average molecular weight is 505 g/mol. The molecule has 8 nitrogen and oxygen atoms in total. The van der Waals surface area contributed by atoms with Gasteiger partial charge in [-0.1, -0.05) is 19.1 Å². The first-order valence-electron chi connectivity index (χ1n) is 13.2. The molecule has 3 unspecified atom stereocenters. The van der Waals surface area contributed by atoms with Crippen molar-refractivity contribution in [1.29, 1.82) is 0 Å². The topological polar surface area (TPSA) is 96.4 Å². The number of esters is 1. The number of carbonyl (C=O) groups is 3. The molecule has 3 rings (SSSR count). The van der Waals surface area contributed by atoms with Gasteiger partial charge in [-0.05, 0) is 65.7 Å². The minimum Gasteiger partial charge on any atom is -0.465 e. The molecule has 3 aliphatic heterocycles. The molecule has 8 heteroatoms. The molecule has 1 spiro atoms. The van der Waals surface area contributed by atoms with Gasteiger partial charge in [-0.15, -0.1) is 13.2 Å². The second-order valence-electron chi connectivity index (χ2n) is 11.7. The highest BCUT2D eigenvalue weighted by Gasteiger charge is 2.80. The summed E-state index contributed by atoms with van der Waals surface area (Å²) in [5.41, 5.74) is -2.50. The lowest BCUT2D eigenvalue weighted by Crippen LogP contribution is -2.60. The fourth-order valence-corrected chi connectivity index (χ4v) is 6.47. The van der Waals surface area contributed by atoms with Crippen molar-refractivity contribution in [3.63, 3.8) is 0 Å². The predicted molar refractivity (Wildman–Crippen MR) is 137 cm³/mol. The Morgan fingerprint density at radius 1 is 1.25 bits per heavy atom. The SMILES string of the molecule is C=CCCCOC(=O)[C@@H]1[C@H]2C(=O)N(CCCCO)C(C(=O)N(CC=C)C(C)(C)C)C23CC(C)[C@@]1(C)O3. The summed E-state index contributed by atoms with van der Waals surface area (Å²) >= 11 is 0. The van der Waals surface area contributed by atoms with Gasteiger partial charge >= 0.3 is 5.97 Å². The van der Waals surface area contributed by atoms with Gasteiger partial charge in [-0.25, -0.2) is 0 Å². The molecule has 0 aliphatic carbocycles. The zero-order chi connectivity index (χ0) is 26.9. The first kappa shape index (κ1) is 28.4. The summed E-state index contributed by atoms with van der Waals surface area (Å²) in [6.07, 6.45) is 6.44. The van der Waals surface area contributed by atoms with Gasteiger partial charge in [0.25, 0.3) is 0 Å². The molecular formula is C28H44N2O6. The van der Waals surface area contributed by atoms with Crippen molar-refractivity contribution in [2.45, 2.75) is 89.5 Å². The summed E-state index contributed by atoms with van der Waals surface area (Å²) in [6.45, 7) is 18.2. The summed E-state index contributed by atoms with van der Waals surface area (Å²) in [6, 6.07) is -0.851. The number of fused-ring (bicyclic) bond motifs is 1. The highest BCUT2D eigenvalue weighted by Crippen LogP contribution is 2.65. The van der Waals surface area contributed by atoms with Crippen molar-refractivity contribution >= 4 is 17.8 Å². The molecule has 2 bridgehead atoms. The van der Waals surface area contributed by atoms with Gasteiger partial charge in [-0.3, -0.25) is 14.4 Å². The fraction of sp³-hybridized carbons (Fsp3) is 0.750. The second-order valence-corrected chi connectivity index (χ2v) is 11.7. The molecule has 36 heavy (non-hydrogen) atoms. The molecule has 3 fully saturated rings. The number of aliphatic hydroxyl groups is 1. The number of ether oxygens (including phenoxy) is 2. The Bertz CT molecular complexity index is 882. The van der Waals surface area contributed by atoms with E-state index in [-0.39, 0.29) is 30.9 Å². The summed E-state index contributed by atoms with van der Waals surface area (Å²) in [4.78, 5) is 45.1. The number of amides is 2. The van der Waals surface area contributed by atoms with Gasteiger partial charge < -0.3 is 24.4 Å². The van der Waals surface area contributed by atoms with Crippen LogP contribution in [0.25, 0.3) is 0 Å². The number of aliphatic hydroxyl groups excluding tert-OH is 1. The molecular weight excluding hydrogens is 460 g/mol. The lowest BCUT2D eigenvalue weighted by molar-refractivity contribution is -0.163. The third-order valence-corrected chi connectivity index (χ3v) is 8.29. The molecule has 0 aromatic carbocycles. The van der Waals surface area contributed by atoms with Crippen molar-refractivity contribution in [2.75, 3.05) is 26.3 Å². The van der Waals surface area contributed by atoms with Crippen LogP contribution in [0.3, 0.4) is 0 Å². The van der Waals surface area contributed by atoms with Gasteiger partial charge in [0.15, 0.2) is 0 Å². The maximum Gasteiger partial charge on any atom is 0.312 e. The monoisotopic (exact) mass is 504 g/mol. The van der Waals surface area contributed by atoms with Gasteiger partial charge in [0.05, 0.1) is 18.1 Å². The first-order chi connectivity index (χ1) is 16.9. The van der Waals surface area contributed by atoms with Crippen LogP contribution < -0.4 is 0 Å². The van der Waals surface area contributed by atoms with Crippen LogP contribution in [0, 0.1) is 17.8 Å². The Hall–Kier alpha value is -2.19. The van der Waals surface area contributed by atoms with Crippen LogP contribution in [0.1, 0.15) is 66.7 Å². The van der Waals surface area contributed by atoms with E-state index in [9.17, 15) is 19.5 Å². The van der Waals surface area contributed by atoms with E-state index < -0.39 is 40.6 Å². The summed E-state index contributed by atoms with van der Waals surface area (Å²) in [5, 5.41) is 9.33. The smallest absolute Gasteiger partial charge is 0.312 e. The van der Waals surface area contributed by atoms with E-state index in [0.29, 0.717) is 38.8 Å². The summed E-state index contributed by atoms with van der Waals surface area (Å²) in [5.74, 6) is -2.46. The van der Waals surface area contributed by atoms with E-state index in [0.717, 1.165) is 6.42 Å². The Balaban J connectivity index is 2.04. The number of hydrogen-bond donors (Lipinski definition) is 1. The van der Waals surface area contributed by atoms with Crippen molar-refractivity contribution in [3.05, 3.63) is 25.3 Å². The van der Waals surface area contributed by atoms with Crippen LogP contribution in [0.5, 0.6) is 0 Å². The number of hydrogen-bond acceptors (Lipinski definition) is 6. The Kier molecular flexibility index (Phi) is 8.40. The van der Waals surface area contributed by atoms with Crippen molar-refractivity contribution in [2.24, 2.45) is 17.8 Å². The van der Waals surface area contributed by atoms with Gasteiger partial charge in [0.1, 0.15) is 17.6 Å². The predicted octanol–water partition coefficient (Wildman–Crippen LogP) is 3.09. The second kappa shape index (κ2) is 10.7. The third-order valence-electron chi connectivity index (χ3n) is 8.29. The number of rotatable bonds is 12. The molecule has 3 heterocycles. The van der Waals surface area contributed by atoms with Gasteiger partial charge in [0, 0.05) is 25.2 Å². The van der Waals surface area contributed by atoms with Crippen LogP contribution in [0.2, 0.25) is 0 Å². The molecule has 0 saturated carbocycles. The lowest BCUT2D eigenvalue weighted by atomic mass is 9.62. The number of carbonyl (C=O) groups excluding carboxylic acids is 3. The molecule has 6 atom stereocenters. The molecule has 0 radical (unpaired) electrons. The zero-order valence-corrected chi connectivity index (χ0v) is 22.6. The molecule has 3 aliphatic rings. The lowest BCUT2D eigenvalue weighted by Gasteiger charge is -2.42. The Morgan fingerprint density at radius 2 is 1.94 bits per heavy atom. The van der Waals surface area contributed by atoms with Crippen molar-refractivity contribution in [1.82, 2.24) is 9.80 Å². The number of likely N-dealkylation sites (tertiary alicyclic amines) is 1. The standard InChI is InChI=1S/C28H44N2O6/c1-8-10-13-17-35-25(34)21-20-23(32)29(15-11-12-16-31)22(24(33)30(14-9-2)26(4,5)6)28(20)18-19(3)27(21,7)36-28/h8-9,19-22,31H,1-2,10-18H2,3-7H3/t19?,20-,21-,22?,27+,28?/m0/s1. The number of allylic oxidation sites excluding steroid dienone is 1. The molecule has 0 aromatic rings. The average Bonchev–Trinajstić information content (AvgIpc) is 3.31. The summed E-state index contributed by atoms with van der Waals surface area (Å²) < 4.78 is 12.4. The molecule has 1 N–H and O–H groups in total. The maximum atomic E-state index is 14.3. The van der Waals surface area contributed by atoms with E-state index in [1.165, 1.54) is 0 Å². The Labute approximate surface area is 215 Å². The minimum absolute atomic E-state index is 0.00502. The third kappa shape index (κ3) is 4.62. The quantitative estimate of drug-likeness (QED) is 0.249. The summed E-state index contributed by atoms with van der Waals surface area (Å²) in [7, 11) is 0. The van der Waals surface area contributed by atoms with Crippen LogP contribution in [0.15, 0.2) is 25.3 Å². The molecule has 0 aromatic heterocycles. The van der Waals surface area contributed by atoms with E-state index >= 15 is 0 Å². The maximum absolute atomic E-state index is 14.3.